The highest BCUT2D eigenvalue weighted by molar-refractivity contribution is 4.99. The minimum Gasteiger partial charge on any atom is -0.334 e. The lowest BCUT2D eigenvalue weighted by atomic mass is 10.1. The van der Waals surface area contributed by atoms with Crippen LogP contribution in [0.5, 0.6) is 0 Å². The highest BCUT2D eigenvalue weighted by atomic mass is 15.2. The van der Waals surface area contributed by atoms with Crippen LogP contribution in [-0.2, 0) is 13.1 Å². The molecule has 0 aliphatic carbocycles. The average Bonchev–Trinajstić information content (AvgIpc) is 2.86. The molecule has 2 heterocycles. The van der Waals surface area contributed by atoms with Crippen LogP contribution in [0, 0.1) is 0 Å². The van der Waals surface area contributed by atoms with Crippen LogP contribution in [0.3, 0.4) is 0 Å². The summed E-state index contributed by atoms with van der Waals surface area (Å²) < 4.78 is 2.25. The van der Waals surface area contributed by atoms with Crippen molar-refractivity contribution >= 4 is 0 Å². The average molecular weight is 250 g/mol. The minimum absolute atomic E-state index is 0.693. The first kappa shape index (κ1) is 13.6. The Hall–Kier alpha value is -0.870. The standard InChI is InChI=1S/C14H26N4/c1-3-8-18(13-6-5-7-15-9-13)11-14-10-16-12-17(14)4-2/h10,12-13,15H,3-9,11H2,1-2H3. The predicted molar refractivity (Wildman–Crippen MR) is 74.5 cm³/mol. The number of piperidine rings is 1. The van der Waals surface area contributed by atoms with Crippen LogP contribution in [-0.4, -0.2) is 40.1 Å². The summed E-state index contributed by atoms with van der Waals surface area (Å²) in [7, 11) is 0. The maximum absolute atomic E-state index is 4.27. The van der Waals surface area contributed by atoms with E-state index in [9.17, 15) is 0 Å². The summed E-state index contributed by atoms with van der Waals surface area (Å²) in [5, 5.41) is 3.52. The quantitative estimate of drug-likeness (QED) is 0.836. The first-order valence-corrected chi connectivity index (χ1v) is 7.29. The van der Waals surface area contributed by atoms with Crippen molar-refractivity contribution in [3.05, 3.63) is 18.2 Å². The lowest BCUT2D eigenvalue weighted by molar-refractivity contribution is 0.154. The molecule has 1 unspecified atom stereocenters. The molecular formula is C14H26N4. The number of rotatable bonds is 6. The third-order valence-electron chi connectivity index (χ3n) is 3.80. The van der Waals surface area contributed by atoms with Crippen LogP contribution >= 0.6 is 0 Å². The largest absolute Gasteiger partial charge is 0.334 e. The van der Waals surface area contributed by atoms with E-state index in [1.165, 1.54) is 38.0 Å². The number of aromatic nitrogens is 2. The molecule has 1 saturated heterocycles. The molecule has 0 aromatic carbocycles. The van der Waals surface area contributed by atoms with Crippen molar-refractivity contribution in [1.82, 2.24) is 19.8 Å². The Morgan fingerprint density at radius 1 is 1.50 bits per heavy atom. The maximum Gasteiger partial charge on any atom is 0.0948 e. The van der Waals surface area contributed by atoms with E-state index < -0.39 is 0 Å². The smallest absolute Gasteiger partial charge is 0.0948 e. The Labute approximate surface area is 110 Å². The van der Waals surface area contributed by atoms with Gasteiger partial charge in [0.1, 0.15) is 0 Å². The van der Waals surface area contributed by atoms with Crippen molar-refractivity contribution in [3.8, 4) is 0 Å². The summed E-state index contributed by atoms with van der Waals surface area (Å²) in [6, 6.07) is 0.693. The molecule has 0 saturated carbocycles. The lowest BCUT2D eigenvalue weighted by Gasteiger charge is -2.34. The van der Waals surface area contributed by atoms with Crippen LogP contribution in [0.4, 0.5) is 0 Å². The molecule has 0 amide bonds. The monoisotopic (exact) mass is 250 g/mol. The Kier molecular flexibility index (Phi) is 5.20. The number of hydrogen-bond donors (Lipinski definition) is 1. The van der Waals surface area contributed by atoms with Crippen molar-refractivity contribution in [2.45, 2.75) is 52.2 Å². The van der Waals surface area contributed by atoms with Gasteiger partial charge in [0.25, 0.3) is 0 Å². The normalized spacial score (nSPS) is 20.5. The van der Waals surface area contributed by atoms with E-state index in [0.717, 1.165) is 19.6 Å². The van der Waals surface area contributed by atoms with E-state index in [1.807, 2.05) is 12.5 Å². The summed E-state index contributed by atoms with van der Waals surface area (Å²) in [6.45, 7) is 10.00. The molecule has 4 heteroatoms. The fourth-order valence-corrected chi connectivity index (χ4v) is 2.80. The first-order valence-electron chi connectivity index (χ1n) is 7.29. The summed E-state index contributed by atoms with van der Waals surface area (Å²) >= 11 is 0. The van der Waals surface area contributed by atoms with Gasteiger partial charge in [0.2, 0.25) is 0 Å². The Morgan fingerprint density at radius 2 is 2.39 bits per heavy atom. The van der Waals surface area contributed by atoms with Crippen LogP contribution in [0.15, 0.2) is 12.5 Å². The van der Waals surface area contributed by atoms with E-state index in [1.54, 1.807) is 0 Å². The number of imidazole rings is 1. The van der Waals surface area contributed by atoms with E-state index in [-0.39, 0.29) is 0 Å². The van der Waals surface area contributed by atoms with Gasteiger partial charge in [0, 0.05) is 31.9 Å². The summed E-state index contributed by atoms with van der Waals surface area (Å²) in [5.41, 5.74) is 1.34. The molecule has 1 aliphatic rings. The zero-order valence-electron chi connectivity index (χ0n) is 11.7. The predicted octanol–water partition coefficient (Wildman–Crippen LogP) is 1.87. The first-order chi connectivity index (χ1) is 8.85. The zero-order valence-corrected chi connectivity index (χ0v) is 11.7. The molecule has 18 heavy (non-hydrogen) atoms. The van der Waals surface area contributed by atoms with Crippen LogP contribution in [0.25, 0.3) is 0 Å². The van der Waals surface area contributed by atoms with Gasteiger partial charge in [-0.2, -0.15) is 0 Å². The molecule has 102 valence electrons. The molecule has 0 bridgehead atoms. The second-order valence-electron chi connectivity index (χ2n) is 5.14. The Morgan fingerprint density at radius 3 is 3.06 bits per heavy atom. The third kappa shape index (κ3) is 3.33. The topological polar surface area (TPSA) is 33.1 Å². The van der Waals surface area contributed by atoms with Crippen molar-refractivity contribution in [3.63, 3.8) is 0 Å². The van der Waals surface area contributed by atoms with Crippen LogP contribution in [0.1, 0.15) is 38.8 Å². The van der Waals surface area contributed by atoms with Crippen molar-refractivity contribution in [2.24, 2.45) is 0 Å². The molecule has 4 nitrogen and oxygen atoms in total. The van der Waals surface area contributed by atoms with Crippen molar-refractivity contribution < 1.29 is 0 Å². The molecule has 1 aliphatic heterocycles. The van der Waals surface area contributed by atoms with Gasteiger partial charge in [-0.15, -0.1) is 0 Å². The number of nitrogens with one attached hydrogen (secondary N) is 1. The van der Waals surface area contributed by atoms with E-state index >= 15 is 0 Å². The number of nitrogens with zero attached hydrogens (tertiary/aromatic N) is 3. The Balaban J connectivity index is 2.00. The zero-order chi connectivity index (χ0) is 12.8. The molecule has 2 rings (SSSR count). The van der Waals surface area contributed by atoms with Gasteiger partial charge >= 0.3 is 0 Å². The molecule has 1 aromatic rings. The van der Waals surface area contributed by atoms with E-state index in [4.69, 9.17) is 0 Å². The lowest BCUT2D eigenvalue weighted by Crippen LogP contribution is -2.46. The molecule has 1 atom stereocenters. The molecule has 1 aromatic heterocycles. The number of aryl methyl sites for hydroxylation is 1. The molecule has 0 spiro atoms. The van der Waals surface area contributed by atoms with Crippen LogP contribution < -0.4 is 5.32 Å². The molecule has 0 radical (unpaired) electrons. The van der Waals surface area contributed by atoms with Gasteiger partial charge in [-0.3, -0.25) is 4.90 Å². The van der Waals surface area contributed by atoms with Crippen molar-refractivity contribution in [1.29, 1.82) is 0 Å². The summed E-state index contributed by atoms with van der Waals surface area (Å²) in [4.78, 5) is 6.89. The molecule has 1 N–H and O–H groups in total. The number of hydrogen-bond acceptors (Lipinski definition) is 3. The van der Waals surface area contributed by atoms with Crippen molar-refractivity contribution in [2.75, 3.05) is 19.6 Å². The highest BCUT2D eigenvalue weighted by Gasteiger charge is 2.21. The minimum atomic E-state index is 0.693. The maximum atomic E-state index is 4.27. The fraction of sp³-hybridized carbons (Fsp3) is 0.786. The second kappa shape index (κ2) is 6.90. The van der Waals surface area contributed by atoms with Gasteiger partial charge < -0.3 is 9.88 Å². The van der Waals surface area contributed by atoms with Gasteiger partial charge in [-0.25, -0.2) is 4.98 Å². The van der Waals surface area contributed by atoms with E-state index in [0.29, 0.717) is 6.04 Å². The molecular weight excluding hydrogens is 224 g/mol. The van der Waals surface area contributed by atoms with Gasteiger partial charge in [-0.05, 0) is 39.3 Å². The summed E-state index contributed by atoms with van der Waals surface area (Å²) in [6.07, 6.45) is 7.81. The Bertz CT molecular complexity index is 341. The van der Waals surface area contributed by atoms with Gasteiger partial charge in [-0.1, -0.05) is 6.92 Å². The van der Waals surface area contributed by atoms with E-state index in [2.05, 4.69) is 33.6 Å². The van der Waals surface area contributed by atoms with Crippen LogP contribution in [0.2, 0.25) is 0 Å². The summed E-state index contributed by atoms with van der Waals surface area (Å²) in [5.74, 6) is 0. The SMILES string of the molecule is CCCN(Cc1cncn1CC)C1CCCNC1. The van der Waals surface area contributed by atoms with Gasteiger partial charge in [0.05, 0.1) is 12.0 Å². The third-order valence-corrected chi connectivity index (χ3v) is 3.80. The molecule has 1 fully saturated rings. The highest BCUT2D eigenvalue weighted by Crippen LogP contribution is 2.15. The fourth-order valence-electron chi connectivity index (χ4n) is 2.80. The second-order valence-corrected chi connectivity index (χ2v) is 5.14. The van der Waals surface area contributed by atoms with Gasteiger partial charge in [0.15, 0.2) is 0 Å².